The molecule has 0 atom stereocenters. The molecule has 1 saturated heterocycles. The van der Waals surface area contributed by atoms with Crippen molar-refractivity contribution in [2.75, 3.05) is 24.5 Å². The summed E-state index contributed by atoms with van der Waals surface area (Å²) in [5, 5.41) is 2.83. The van der Waals surface area contributed by atoms with Crippen LogP contribution >= 0.6 is 0 Å². The van der Waals surface area contributed by atoms with Gasteiger partial charge in [-0.2, -0.15) is 0 Å². The molecule has 5 nitrogen and oxygen atoms in total. The number of carbonyl (C=O) groups is 1. The Kier molecular flexibility index (Phi) is 2.91. The zero-order chi connectivity index (χ0) is 12.5. The fraction of sp³-hybridized carbons (Fsp3) is 0.538. The van der Waals surface area contributed by atoms with Crippen molar-refractivity contribution in [2.24, 2.45) is 5.73 Å². The molecule has 18 heavy (non-hydrogen) atoms. The van der Waals surface area contributed by atoms with Gasteiger partial charge in [0, 0.05) is 30.9 Å². The van der Waals surface area contributed by atoms with Crippen LogP contribution in [0.1, 0.15) is 23.2 Å². The lowest BCUT2D eigenvalue weighted by atomic mass is 10.1. The Labute approximate surface area is 106 Å². The summed E-state index contributed by atoms with van der Waals surface area (Å²) in [6, 6.07) is 2.18. The molecule has 5 heteroatoms. The lowest BCUT2D eigenvalue weighted by Gasteiger charge is -2.29. The number of rotatable bonds is 2. The number of anilines is 1. The second kappa shape index (κ2) is 4.57. The highest BCUT2D eigenvalue weighted by atomic mass is 16.2. The van der Waals surface area contributed by atoms with Gasteiger partial charge < -0.3 is 16.0 Å². The van der Waals surface area contributed by atoms with E-state index in [-0.39, 0.29) is 5.91 Å². The van der Waals surface area contributed by atoms with Gasteiger partial charge in [-0.3, -0.25) is 4.79 Å². The number of nitrogens with one attached hydrogen (secondary N) is 1. The number of piperazine rings is 1. The van der Waals surface area contributed by atoms with Gasteiger partial charge in [-0.05, 0) is 30.9 Å². The van der Waals surface area contributed by atoms with Crippen molar-refractivity contribution >= 4 is 11.7 Å². The van der Waals surface area contributed by atoms with E-state index in [1.54, 1.807) is 0 Å². The molecule has 1 amide bonds. The van der Waals surface area contributed by atoms with Gasteiger partial charge in [0.25, 0.3) is 0 Å². The van der Waals surface area contributed by atoms with Crippen molar-refractivity contribution < 1.29 is 4.79 Å². The van der Waals surface area contributed by atoms with Crippen LogP contribution in [0.5, 0.6) is 0 Å². The van der Waals surface area contributed by atoms with E-state index in [9.17, 15) is 4.79 Å². The first-order valence-corrected chi connectivity index (χ1v) is 6.51. The van der Waals surface area contributed by atoms with Crippen LogP contribution < -0.4 is 16.0 Å². The van der Waals surface area contributed by atoms with E-state index in [1.165, 1.54) is 17.7 Å². The Balaban J connectivity index is 1.97. The fourth-order valence-corrected chi connectivity index (χ4v) is 2.75. The van der Waals surface area contributed by atoms with Gasteiger partial charge >= 0.3 is 0 Å². The molecule has 2 heterocycles. The maximum absolute atomic E-state index is 11.5. The van der Waals surface area contributed by atoms with Crippen LogP contribution in [0.2, 0.25) is 0 Å². The van der Waals surface area contributed by atoms with Crippen molar-refractivity contribution in [2.45, 2.75) is 25.8 Å². The van der Waals surface area contributed by atoms with Crippen LogP contribution in [0, 0.1) is 0 Å². The first kappa shape index (κ1) is 11.5. The summed E-state index contributed by atoms with van der Waals surface area (Å²) in [5.74, 6) is 0.972. The second-order valence-electron chi connectivity index (χ2n) is 4.91. The number of amides is 1. The highest BCUT2D eigenvalue weighted by Gasteiger charge is 2.22. The number of hydrogen-bond donors (Lipinski definition) is 2. The topological polar surface area (TPSA) is 71.2 Å². The van der Waals surface area contributed by atoms with Crippen LogP contribution in [0.15, 0.2) is 6.07 Å². The molecule has 3 rings (SSSR count). The Morgan fingerprint density at radius 2 is 2.33 bits per heavy atom. The first-order valence-electron chi connectivity index (χ1n) is 6.51. The molecule has 1 aromatic heterocycles. The van der Waals surface area contributed by atoms with Crippen molar-refractivity contribution in [3.8, 4) is 0 Å². The summed E-state index contributed by atoms with van der Waals surface area (Å²) >= 11 is 0. The highest BCUT2D eigenvalue weighted by molar-refractivity contribution is 5.82. The third-order valence-electron chi connectivity index (χ3n) is 3.66. The van der Waals surface area contributed by atoms with Gasteiger partial charge in [-0.25, -0.2) is 4.98 Å². The molecule has 0 aromatic carbocycles. The second-order valence-corrected chi connectivity index (χ2v) is 4.91. The minimum atomic E-state index is 0.0616. The molecular weight excluding hydrogens is 228 g/mol. The van der Waals surface area contributed by atoms with Crippen LogP contribution in [-0.4, -0.2) is 30.5 Å². The third-order valence-corrected chi connectivity index (χ3v) is 3.66. The predicted molar refractivity (Wildman–Crippen MR) is 69.4 cm³/mol. The molecular formula is C13H18N4O. The zero-order valence-electron chi connectivity index (χ0n) is 10.4. The van der Waals surface area contributed by atoms with E-state index in [2.05, 4.69) is 11.4 Å². The molecule has 2 aliphatic rings. The summed E-state index contributed by atoms with van der Waals surface area (Å²) in [5.41, 5.74) is 9.40. The highest BCUT2D eigenvalue weighted by Crippen LogP contribution is 2.27. The number of carbonyl (C=O) groups excluding carboxylic acids is 1. The monoisotopic (exact) mass is 246 g/mol. The summed E-state index contributed by atoms with van der Waals surface area (Å²) in [4.78, 5) is 18.3. The van der Waals surface area contributed by atoms with Crippen LogP contribution in [0.25, 0.3) is 0 Å². The number of hydrogen-bond acceptors (Lipinski definition) is 4. The van der Waals surface area contributed by atoms with Crippen molar-refractivity contribution in [3.63, 3.8) is 0 Å². The van der Waals surface area contributed by atoms with Gasteiger partial charge in [-0.15, -0.1) is 0 Å². The first-order chi connectivity index (χ1) is 8.78. The standard InChI is InChI=1S/C13H18N4O/c14-7-10-6-9-2-1-3-11(9)16-13(10)17-5-4-15-12(18)8-17/h6H,1-5,7-8,14H2,(H,15,18). The largest absolute Gasteiger partial charge is 0.353 e. The molecule has 3 N–H and O–H groups in total. The average molecular weight is 246 g/mol. The molecule has 96 valence electrons. The van der Waals surface area contributed by atoms with Crippen molar-refractivity contribution in [3.05, 3.63) is 22.9 Å². The lowest BCUT2D eigenvalue weighted by molar-refractivity contribution is -0.120. The van der Waals surface area contributed by atoms with E-state index in [0.717, 1.165) is 30.8 Å². The Morgan fingerprint density at radius 3 is 3.11 bits per heavy atom. The predicted octanol–water partition coefficient (Wildman–Crippen LogP) is -0.0348. The van der Waals surface area contributed by atoms with Crippen molar-refractivity contribution in [1.82, 2.24) is 10.3 Å². The van der Waals surface area contributed by atoms with E-state index in [4.69, 9.17) is 10.7 Å². The average Bonchev–Trinajstić information content (AvgIpc) is 2.84. The SMILES string of the molecule is NCc1cc2c(nc1N1CCNC(=O)C1)CCC2. The Morgan fingerprint density at radius 1 is 1.44 bits per heavy atom. The molecule has 1 aliphatic heterocycles. The Hall–Kier alpha value is -1.62. The number of aromatic nitrogens is 1. The summed E-state index contributed by atoms with van der Waals surface area (Å²) in [7, 11) is 0. The Bertz CT molecular complexity index is 486. The summed E-state index contributed by atoms with van der Waals surface area (Å²) in [6.45, 7) is 2.36. The number of nitrogens with zero attached hydrogens (tertiary/aromatic N) is 2. The minimum absolute atomic E-state index is 0.0616. The maximum atomic E-state index is 11.5. The number of pyridine rings is 1. The molecule has 0 spiro atoms. The molecule has 1 aromatic rings. The van der Waals surface area contributed by atoms with E-state index >= 15 is 0 Å². The molecule has 0 radical (unpaired) electrons. The molecule has 0 bridgehead atoms. The third kappa shape index (κ3) is 1.95. The number of aryl methyl sites for hydroxylation is 2. The summed E-state index contributed by atoms with van der Waals surface area (Å²) in [6.07, 6.45) is 3.33. The van der Waals surface area contributed by atoms with Gasteiger partial charge in [0.15, 0.2) is 0 Å². The fourth-order valence-electron chi connectivity index (χ4n) is 2.75. The summed E-state index contributed by atoms with van der Waals surface area (Å²) < 4.78 is 0. The van der Waals surface area contributed by atoms with Crippen LogP contribution in [0.4, 0.5) is 5.82 Å². The van der Waals surface area contributed by atoms with Crippen LogP contribution in [-0.2, 0) is 24.2 Å². The maximum Gasteiger partial charge on any atom is 0.239 e. The van der Waals surface area contributed by atoms with Gasteiger partial charge in [0.2, 0.25) is 5.91 Å². The van der Waals surface area contributed by atoms with Crippen LogP contribution in [0.3, 0.4) is 0 Å². The minimum Gasteiger partial charge on any atom is -0.353 e. The normalized spacial score (nSPS) is 18.7. The number of nitrogens with two attached hydrogens (primary N) is 1. The smallest absolute Gasteiger partial charge is 0.239 e. The molecule has 0 unspecified atom stereocenters. The van der Waals surface area contributed by atoms with Gasteiger partial charge in [-0.1, -0.05) is 0 Å². The van der Waals surface area contributed by atoms with E-state index in [0.29, 0.717) is 19.6 Å². The zero-order valence-corrected chi connectivity index (χ0v) is 10.4. The van der Waals surface area contributed by atoms with E-state index < -0.39 is 0 Å². The quantitative estimate of drug-likeness (QED) is 0.768. The lowest BCUT2D eigenvalue weighted by Crippen LogP contribution is -2.48. The van der Waals surface area contributed by atoms with Crippen molar-refractivity contribution in [1.29, 1.82) is 0 Å². The molecule has 1 aliphatic carbocycles. The van der Waals surface area contributed by atoms with E-state index in [1.807, 2.05) is 4.90 Å². The van der Waals surface area contributed by atoms with Gasteiger partial charge in [0.1, 0.15) is 5.82 Å². The number of fused-ring (bicyclic) bond motifs is 1. The van der Waals surface area contributed by atoms with Gasteiger partial charge in [0.05, 0.1) is 6.54 Å². The molecule has 1 fully saturated rings. The molecule has 0 saturated carbocycles.